The average molecular weight is 483 g/mol. The molecular weight excluding hydrogens is 460 g/mol. The van der Waals surface area contributed by atoms with Gasteiger partial charge in [-0.3, -0.25) is 9.59 Å². The van der Waals surface area contributed by atoms with Gasteiger partial charge >= 0.3 is 0 Å². The predicted octanol–water partition coefficient (Wildman–Crippen LogP) is 3.03. The molecule has 2 aromatic carbocycles. The van der Waals surface area contributed by atoms with Gasteiger partial charge in [-0.05, 0) is 43.3 Å². The molecular formula is C26H22N6O4. The van der Waals surface area contributed by atoms with E-state index in [1.165, 1.54) is 12.3 Å². The summed E-state index contributed by atoms with van der Waals surface area (Å²) in [5.41, 5.74) is 5.69. The number of para-hydroxylation sites is 1. The van der Waals surface area contributed by atoms with Crippen LogP contribution in [-0.4, -0.2) is 51.9 Å². The number of hydrogen-bond donors (Lipinski definition) is 1. The number of carbonyl (C=O) groups excluding carboxylic acids is 2. The summed E-state index contributed by atoms with van der Waals surface area (Å²) < 4.78 is 11.7. The number of allylic oxidation sites excluding steroid dienone is 1. The number of nitrogens with zero attached hydrogens (tertiary/aromatic N) is 5. The number of benzene rings is 2. The normalized spacial score (nSPS) is 18.3. The highest BCUT2D eigenvalue weighted by molar-refractivity contribution is 5.98. The van der Waals surface area contributed by atoms with E-state index in [0.717, 1.165) is 0 Å². The number of aromatic nitrogens is 2. The van der Waals surface area contributed by atoms with E-state index in [-0.39, 0.29) is 35.0 Å². The Hall–Kier alpha value is -4.91. The van der Waals surface area contributed by atoms with Crippen LogP contribution in [0.15, 0.2) is 72.4 Å². The first-order chi connectivity index (χ1) is 17.5. The van der Waals surface area contributed by atoms with Gasteiger partial charge in [0.1, 0.15) is 34.5 Å². The van der Waals surface area contributed by atoms with E-state index >= 15 is 0 Å². The van der Waals surface area contributed by atoms with E-state index in [2.05, 4.69) is 9.97 Å². The number of ether oxygens (including phenoxy) is 2. The summed E-state index contributed by atoms with van der Waals surface area (Å²) in [5.74, 6) is 1.22. The maximum Gasteiger partial charge on any atom is 0.264 e. The van der Waals surface area contributed by atoms with Crippen molar-refractivity contribution in [3.63, 3.8) is 0 Å². The summed E-state index contributed by atoms with van der Waals surface area (Å²) in [5, 5.41) is 9.11. The molecule has 0 bridgehead atoms. The lowest BCUT2D eigenvalue weighted by Crippen LogP contribution is -2.80. The van der Waals surface area contributed by atoms with Gasteiger partial charge in [0.25, 0.3) is 11.8 Å². The minimum absolute atomic E-state index is 0.0123. The fourth-order valence-corrected chi connectivity index (χ4v) is 4.16. The highest BCUT2D eigenvalue weighted by Gasteiger charge is 2.54. The second-order valence-corrected chi connectivity index (χ2v) is 8.30. The van der Waals surface area contributed by atoms with Gasteiger partial charge in [0.2, 0.25) is 11.8 Å². The molecule has 0 spiro atoms. The van der Waals surface area contributed by atoms with Crippen LogP contribution in [0.3, 0.4) is 0 Å². The Balaban J connectivity index is 1.29. The van der Waals surface area contributed by atoms with Crippen molar-refractivity contribution in [1.29, 1.82) is 5.26 Å². The van der Waals surface area contributed by atoms with Crippen LogP contribution in [0.25, 0.3) is 0 Å². The van der Waals surface area contributed by atoms with Crippen molar-refractivity contribution in [2.45, 2.75) is 19.0 Å². The smallest absolute Gasteiger partial charge is 0.264 e. The summed E-state index contributed by atoms with van der Waals surface area (Å²) in [4.78, 5) is 36.7. The molecule has 2 aliphatic heterocycles. The molecule has 2 amide bonds. The van der Waals surface area contributed by atoms with Gasteiger partial charge in [-0.15, -0.1) is 0 Å². The molecule has 2 aliphatic rings. The topological polar surface area (TPSA) is 135 Å². The van der Waals surface area contributed by atoms with Crippen molar-refractivity contribution < 1.29 is 19.1 Å². The van der Waals surface area contributed by atoms with Crippen LogP contribution in [0.4, 0.5) is 5.95 Å². The molecule has 0 aliphatic carbocycles. The summed E-state index contributed by atoms with van der Waals surface area (Å²) in [6, 6.07) is 18.2. The number of rotatable bonds is 7. The fourth-order valence-electron chi connectivity index (χ4n) is 4.16. The standard InChI is InChI=1S/C26H22N6O4/c1-2-16(12-27)25(34)31-14-22-21(31)15-32(22)26-29-13-20(23(28)33)24(30-26)36-19-10-8-18(9-11-19)35-17-6-4-3-5-7-17/h2-11,13,21-22H,14-15H2,1H3,(H2,28,33)/b16-2+/t21-,22?/m1/s1. The van der Waals surface area contributed by atoms with E-state index < -0.39 is 5.91 Å². The van der Waals surface area contributed by atoms with Gasteiger partial charge in [-0.2, -0.15) is 10.2 Å². The SMILES string of the molecule is C/C=C(\C#N)C(=O)N1CC2[C@H]1CN2c1ncc(C(N)=O)c(Oc2ccc(Oc3ccccc3)cc2)n1. The Labute approximate surface area is 207 Å². The number of likely N-dealkylation sites (tertiary alicyclic amines) is 1. The van der Waals surface area contributed by atoms with Crippen LogP contribution in [-0.2, 0) is 4.79 Å². The first-order valence-electron chi connectivity index (χ1n) is 11.3. The van der Waals surface area contributed by atoms with Crippen LogP contribution in [0.5, 0.6) is 23.1 Å². The minimum atomic E-state index is -0.710. The molecule has 3 heterocycles. The summed E-state index contributed by atoms with van der Waals surface area (Å²) >= 11 is 0. The second kappa shape index (κ2) is 9.38. The quantitative estimate of drug-likeness (QED) is 0.401. The number of anilines is 1. The van der Waals surface area contributed by atoms with E-state index in [0.29, 0.717) is 36.3 Å². The largest absolute Gasteiger partial charge is 0.457 e. The molecule has 10 heteroatoms. The first-order valence-corrected chi connectivity index (χ1v) is 11.3. The zero-order valence-corrected chi connectivity index (χ0v) is 19.4. The molecule has 3 aromatic rings. The molecule has 2 N–H and O–H groups in total. The Kier molecular flexibility index (Phi) is 5.96. The van der Waals surface area contributed by atoms with E-state index in [1.807, 2.05) is 41.3 Å². The van der Waals surface area contributed by atoms with E-state index in [1.54, 1.807) is 36.1 Å². The molecule has 2 fully saturated rings. The Morgan fingerprint density at radius 1 is 1.03 bits per heavy atom. The first kappa shape index (κ1) is 22.9. The number of nitrogens with two attached hydrogens (primary N) is 1. The van der Waals surface area contributed by atoms with Crippen molar-refractivity contribution in [2.24, 2.45) is 5.73 Å². The van der Waals surface area contributed by atoms with Gasteiger partial charge in [-0.1, -0.05) is 24.3 Å². The molecule has 0 saturated carbocycles. The van der Waals surface area contributed by atoms with Crippen LogP contribution in [0.1, 0.15) is 17.3 Å². The molecule has 0 radical (unpaired) electrons. The van der Waals surface area contributed by atoms with Gasteiger partial charge in [0.15, 0.2) is 0 Å². The molecule has 1 unspecified atom stereocenters. The molecule has 10 nitrogen and oxygen atoms in total. The number of amides is 2. The van der Waals surface area contributed by atoms with Crippen LogP contribution in [0, 0.1) is 11.3 Å². The third-order valence-corrected chi connectivity index (χ3v) is 6.19. The van der Waals surface area contributed by atoms with Crippen molar-refractivity contribution >= 4 is 17.8 Å². The third kappa shape index (κ3) is 4.18. The number of hydrogen-bond acceptors (Lipinski definition) is 8. The summed E-state index contributed by atoms with van der Waals surface area (Å²) in [6.07, 6.45) is 2.86. The summed E-state index contributed by atoms with van der Waals surface area (Å²) in [7, 11) is 0. The molecule has 36 heavy (non-hydrogen) atoms. The zero-order valence-electron chi connectivity index (χ0n) is 19.4. The third-order valence-electron chi connectivity index (χ3n) is 6.19. The van der Waals surface area contributed by atoms with Crippen molar-refractivity contribution in [2.75, 3.05) is 18.0 Å². The van der Waals surface area contributed by atoms with E-state index in [9.17, 15) is 9.59 Å². The lowest BCUT2D eigenvalue weighted by Gasteiger charge is -2.61. The van der Waals surface area contributed by atoms with Gasteiger partial charge in [0.05, 0.1) is 12.1 Å². The maximum absolute atomic E-state index is 12.4. The van der Waals surface area contributed by atoms with Crippen molar-refractivity contribution in [3.05, 3.63) is 78.0 Å². The molecule has 1 aromatic heterocycles. The number of fused-ring (bicyclic) bond motifs is 1. The Bertz CT molecular complexity index is 1380. The van der Waals surface area contributed by atoms with Crippen LogP contribution >= 0.6 is 0 Å². The molecule has 5 rings (SSSR count). The molecule has 2 atom stereocenters. The number of primary amides is 1. The zero-order chi connectivity index (χ0) is 25.2. The lowest BCUT2D eigenvalue weighted by atomic mass is 9.85. The Morgan fingerprint density at radius 3 is 2.28 bits per heavy atom. The highest BCUT2D eigenvalue weighted by atomic mass is 16.5. The number of carbonyl (C=O) groups is 2. The lowest BCUT2D eigenvalue weighted by molar-refractivity contribution is -0.139. The van der Waals surface area contributed by atoms with Crippen LogP contribution < -0.4 is 20.1 Å². The second-order valence-electron chi connectivity index (χ2n) is 8.30. The minimum Gasteiger partial charge on any atom is -0.457 e. The van der Waals surface area contributed by atoms with Crippen molar-refractivity contribution in [1.82, 2.24) is 14.9 Å². The summed E-state index contributed by atoms with van der Waals surface area (Å²) in [6.45, 7) is 2.64. The highest BCUT2D eigenvalue weighted by Crippen LogP contribution is 2.38. The van der Waals surface area contributed by atoms with Crippen molar-refractivity contribution in [3.8, 4) is 29.2 Å². The number of nitriles is 1. The fraction of sp³-hybridized carbons (Fsp3) is 0.192. The van der Waals surface area contributed by atoms with E-state index in [4.69, 9.17) is 20.5 Å². The monoisotopic (exact) mass is 482 g/mol. The van der Waals surface area contributed by atoms with Gasteiger partial charge in [0, 0.05) is 19.3 Å². The molecule has 2 saturated heterocycles. The maximum atomic E-state index is 12.4. The molecule has 180 valence electrons. The average Bonchev–Trinajstić information content (AvgIpc) is 2.87. The Morgan fingerprint density at radius 2 is 1.69 bits per heavy atom. The predicted molar refractivity (Wildman–Crippen MR) is 130 cm³/mol. The van der Waals surface area contributed by atoms with Gasteiger partial charge < -0.3 is 25.0 Å². The number of piperazine rings is 1. The van der Waals surface area contributed by atoms with Gasteiger partial charge in [-0.25, -0.2) is 4.98 Å². The van der Waals surface area contributed by atoms with Crippen LogP contribution in [0.2, 0.25) is 0 Å².